The van der Waals surface area contributed by atoms with Gasteiger partial charge in [-0.3, -0.25) is 4.79 Å². The molecule has 30 heavy (non-hydrogen) atoms. The van der Waals surface area contributed by atoms with Crippen LogP contribution in [0.4, 0.5) is 0 Å². The molecule has 0 aliphatic carbocycles. The largest absolute Gasteiger partial charge is 0.459 e. The van der Waals surface area contributed by atoms with Crippen molar-refractivity contribution in [2.75, 3.05) is 19.8 Å². The summed E-state index contributed by atoms with van der Waals surface area (Å²) >= 11 is 0. The molecule has 4 rings (SSSR count). The average molecular weight is 413 g/mol. The molecule has 2 aliphatic heterocycles. The normalized spacial score (nSPS) is 26.4. The number of esters is 1. The van der Waals surface area contributed by atoms with Crippen LogP contribution in [0.2, 0.25) is 0 Å². The monoisotopic (exact) mass is 413 g/mol. The molecule has 8 heteroatoms. The van der Waals surface area contributed by atoms with Crippen LogP contribution in [-0.2, 0) is 18.9 Å². The summed E-state index contributed by atoms with van der Waals surface area (Å²) in [6.45, 7) is 0.622. The van der Waals surface area contributed by atoms with Gasteiger partial charge in [-0.25, -0.2) is 4.79 Å². The van der Waals surface area contributed by atoms with Crippen molar-refractivity contribution in [2.45, 2.75) is 30.6 Å². The van der Waals surface area contributed by atoms with Crippen molar-refractivity contribution in [1.82, 2.24) is 5.32 Å². The second-order valence-corrected chi connectivity index (χ2v) is 7.07. The molecule has 2 saturated heterocycles. The Kier molecular flexibility index (Phi) is 6.39. The molecule has 8 nitrogen and oxygen atoms in total. The van der Waals surface area contributed by atoms with E-state index in [9.17, 15) is 14.7 Å². The summed E-state index contributed by atoms with van der Waals surface area (Å²) in [4.78, 5) is 24.8. The zero-order valence-corrected chi connectivity index (χ0v) is 16.2. The summed E-state index contributed by atoms with van der Waals surface area (Å²) in [5.74, 6) is -0.874. The number of hydrogen-bond donors (Lipinski definition) is 2. The average Bonchev–Trinajstić information content (AvgIpc) is 3.42. The van der Waals surface area contributed by atoms with Gasteiger partial charge in [0.25, 0.3) is 5.91 Å². The summed E-state index contributed by atoms with van der Waals surface area (Å²) in [7, 11) is 0. The molecule has 2 fully saturated rings. The van der Waals surface area contributed by atoms with Crippen LogP contribution in [0.5, 0.6) is 0 Å². The van der Waals surface area contributed by atoms with Crippen LogP contribution in [-0.4, -0.2) is 67.4 Å². The highest BCUT2D eigenvalue weighted by Gasteiger charge is 2.50. The lowest BCUT2D eigenvalue weighted by Gasteiger charge is -2.25. The van der Waals surface area contributed by atoms with Crippen molar-refractivity contribution in [3.05, 3.63) is 71.8 Å². The molecule has 1 amide bonds. The van der Waals surface area contributed by atoms with Gasteiger partial charge in [-0.2, -0.15) is 0 Å². The molecule has 0 radical (unpaired) electrons. The highest BCUT2D eigenvalue weighted by Crippen LogP contribution is 2.28. The second kappa shape index (κ2) is 9.36. The topological polar surface area (TPSA) is 103 Å². The Morgan fingerprint density at radius 2 is 1.57 bits per heavy atom. The van der Waals surface area contributed by atoms with E-state index in [1.54, 1.807) is 54.6 Å². The Morgan fingerprint density at radius 3 is 2.20 bits per heavy atom. The fourth-order valence-corrected chi connectivity index (χ4v) is 3.54. The van der Waals surface area contributed by atoms with E-state index in [0.29, 0.717) is 24.3 Å². The number of carbonyl (C=O) groups is 2. The second-order valence-electron chi connectivity index (χ2n) is 7.07. The molecule has 2 aliphatic rings. The third-order valence-electron chi connectivity index (χ3n) is 5.07. The SMILES string of the molecule is O=C(N[C@@H]1[C@H](O)[C@@H](COC(=O)c2ccccc2)O[C@H]1C1OCCO1)c1ccccc1. The summed E-state index contributed by atoms with van der Waals surface area (Å²) in [5, 5.41) is 13.6. The number of hydrogen-bond acceptors (Lipinski definition) is 7. The van der Waals surface area contributed by atoms with E-state index in [-0.39, 0.29) is 12.5 Å². The zero-order chi connectivity index (χ0) is 20.9. The Morgan fingerprint density at radius 1 is 0.967 bits per heavy atom. The van der Waals surface area contributed by atoms with E-state index >= 15 is 0 Å². The van der Waals surface area contributed by atoms with Crippen molar-refractivity contribution in [1.29, 1.82) is 0 Å². The van der Waals surface area contributed by atoms with Crippen LogP contribution < -0.4 is 5.32 Å². The van der Waals surface area contributed by atoms with E-state index in [1.807, 2.05) is 6.07 Å². The van der Waals surface area contributed by atoms with Gasteiger partial charge in [-0.15, -0.1) is 0 Å². The smallest absolute Gasteiger partial charge is 0.338 e. The minimum absolute atomic E-state index is 0.171. The third kappa shape index (κ3) is 4.52. The predicted molar refractivity (Wildman–Crippen MR) is 105 cm³/mol. The quantitative estimate of drug-likeness (QED) is 0.685. The Hall–Kier alpha value is -2.78. The van der Waals surface area contributed by atoms with E-state index in [4.69, 9.17) is 18.9 Å². The molecule has 2 aromatic rings. The highest BCUT2D eigenvalue weighted by atomic mass is 16.7. The number of carbonyl (C=O) groups excluding carboxylic acids is 2. The lowest BCUT2D eigenvalue weighted by Crippen LogP contribution is -2.51. The fraction of sp³-hybridized carbons (Fsp3) is 0.364. The van der Waals surface area contributed by atoms with Crippen LogP contribution in [0.25, 0.3) is 0 Å². The first kappa shape index (κ1) is 20.5. The van der Waals surface area contributed by atoms with Gasteiger partial charge in [0.15, 0.2) is 6.29 Å². The summed E-state index contributed by atoms with van der Waals surface area (Å²) < 4.78 is 22.3. The van der Waals surface area contributed by atoms with Crippen LogP contribution >= 0.6 is 0 Å². The number of amides is 1. The number of nitrogens with one attached hydrogen (secondary N) is 1. The van der Waals surface area contributed by atoms with E-state index in [0.717, 1.165) is 0 Å². The molecular weight excluding hydrogens is 390 g/mol. The van der Waals surface area contributed by atoms with E-state index in [1.165, 1.54) is 0 Å². The Balaban J connectivity index is 1.44. The van der Waals surface area contributed by atoms with Crippen molar-refractivity contribution in [2.24, 2.45) is 0 Å². The molecule has 0 unspecified atom stereocenters. The maximum absolute atomic E-state index is 12.6. The van der Waals surface area contributed by atoms with E-state index < -0.39 is 36.6 Å². The molecular formula is C22H23NO7. The molecule has 2 aromatic carbocycles. The Bertz CT molecular complexity index is 854. The van der Waals surface area contributed by atoms with Crippen LogP contribution in [0.15, 0.2) is 60.7 Å². The Labute approximate surface area is 173 Å². The molecule has 4 atom stereocenters. The maximum Gasteiger partial charge on any atom is 0.338 e. The van der Waals surface area contributed by atoms with Gasteiger partial charge in [0, 0.05) is 5.56 Å². The molecule has 0 bridgehead atoms. The maximum atomic E-state index is 12.6. The van der Waals surface area contributed by atoms with Crippen LogP contribution in [0.3, 0.4) is 0 Å². The molecule has 0 aromatic heterocycles. The summed E-state index contributed by atoms with van der Waals surface area (Å²) in [6, 6.07) is 16.4. The number of ether oxygens (including phenoxy) is 4. The molecule has 2 N–H and O–H groups in total. The van der Waals surface area contributed by atoms with E-state index in [2.05, 4.69) is 5.32 Å². The molecule has 158 valence electrons. The van der Waals surface area contributed by atoms with Crippen molar-refractivity contribution in [3.8, 4) is 0 Å². The molecule has 0 saturated carbocycles. The molecule has 0 spiro atoms. The first-order chi connectivity index (χ1) is 14.6. The van der Waals surface area contributed by atoms with Gasteiger partial charge >= 0.3 is 5.97 Å². The van der Waals surface area contributed by atoms with Gasteiger partial charge in [-0.1, -0.05) is 36.4 Å². The molecule has 2 heterocycles. The highest BCUT2D eigenvalue weighted by molar-refractivity contribution is 5.94. The predicted octanol–water partition coefficient (Wildman–Crippen LogP) is 1.14. The van der Waals surface area contributed by atoms with Crippen LogP contribution in [0.1, 0.15) is 20.7 Å². The first-order valence-corrected chi connectivity index (χ1v) is 9.78. The number of aliphatic hydroxyl groups is 1. The first-order valence-electron chi connectivity index (χ1n) is 9.78. The zero-order valence-electron chi connectivity index (χ0n) is 16.2. The van der Waals surface area contributed by atoms with Gasteiger partial charge in [0.2, 0.25) is 0 Å². The lowest BCUT2D eigenvalue weighted by atomic mass is 10.0. The lowest BCUT2D eigenvalue weighted by molar-refractivity contribution is -0.147. The fourth-order valence-electron chi connectivity index (χ4n) is 3.54. The third-order valence-corrected chi connectivity index (χ3v) is 5.07. The van der Waals surface area contributed by atoms with Gasteiger partial charge in [-0.05, 0) is 24.3 Å². The van der Waals surface area contributed by atoms with Crippen LogP contribution in [0, 0.1) is 0 Å². The number of benzene rings is 2. The summed E-state index contributed by atoms with van der Waals surface area (Å²) in [6.07, 6.45) is -3.42. The van der Waals surface area contributed by atoms with Crippen molar-refractivity contribution < 1.29 is 33.6 Å². The number of rotatable bonds is 6. The number of aliphatic hydroxyl groups excluding tert-OH is 1. The van der Waals surface area contributed by atoms with Gasteiger partial charge < -0.3 is 29.4 Å². The minimum Gasteiger partial charge on any atom is -0.459 e. The van der Waals surface area contributed by atoms with Crippen molar-refractivity contribution >= 4 is 11.9 Å². The minimum atomic E-state index is -1.11. The van der Waals surface area contributed by atoms with Gasteiger partial charge in [0.1, 0.15) is 24.9 Å². The van der Waals surface area contributed by atoms with Crippen molar-refractivity contribution in [3.63, 3.8) is 0 Å². The standard InChI is InChI=1S/C22H23NO7/c24-18-16(13-29-21(26)15-9-5-2-6-10-15)30-19(22-27-11-12-28-22)17(18)23-20(25)14-7-3-1-4-8-14/h1-10,16-19,22,24H,11-13H2,(H,23,25)/t16-,17-,18-,19-/m1/s1. The summed E-state index contributed by atoms with van der Waals surface area (Å²) in [5.41, 5.74) is 0.855. The van der Waals surface area contributed by atoms with Gasteiger partial charge in [0.05, 0.1) is 24.8 Å².